The zero-order valence-corrected chi connectivity index (χ0v) is 16.6. The lowest BCUT2D eigenvalue weighted by atomic mass is 10.0. The molecule has 1 heterocycles. The molecule has 6 nitrogen and oxygen atoms in total. The molecule has 0 atom stereocenters. The molecule has 0 fully saturated rings. The minimum atomic E-state index is -0.297. The first-order chi connectivity index (χ1) is 13.1. The second-order valence-electron chi connectivity index (χ2n) is 6.40. The molecular weight excluding hydrogens is 364 g/mol. The summed E-state index contributed by atoms with van der Waals surface area (Å²) in [6.07, 6.45) is 5.17. The zero-order chi connectivity index (χ0) is 19.4. The molecule has 0 aliphatic heterocycles. The molecular formula is C20H24N2O4S. The third-order valence-corrected chi connectivity index (χ3v) is 5.92. The smallest absolute Gasteiger partial charge is 0.256 e. The zero-order valence-electron chi connectivity index (χ0n) is 15.8. The van der Waals surface area contributed by atoms with E-state index in [1.807, 2.05) is 0 Å². The summed E-state index contributed by atoms with van der Waals surface area (Å²) in [6.45, 7) is 0. The molecule has 1 aromatic heterocycles. The number of benzene rings is 1. The van der Waals surface area contributed by atoms with Crippen molar-refractivity contribution in [3.05, 3.63) is 39.8 Å². The summed E-state index contributed by atoms with van der Waals surface area (Å²) in [4.78, 5) is 26.5. The van der Waals surface area contributed by atoms with Crippen molar-refractivity contribution in [3.8, 4) is 11.5 Å². The lowest BCUT2D eigenvalue weighted by Crippen LogP contribution is -2.21. The van der Waals surface area contributed by atoms with Crippen LogP contribution in [-0.2, 0) is 12.8 Å². The van der Waals surface area contributed by atoms with Crippen molar-refractivity contribution in [3.63, 3.8) is 0 Å². The van der Waals surface area contributed by atoms with Crippen LogP contribution in [0.25, 0.3) is 0 Å². The SMILES string of the molecule is CNC(=O)c1c(NC(=O)c2cc(OC)cc(OC)c2)sc2c1CCCCC2. The Morgan fingerprint density at radius 3 is 2.26 bits per heavy atom. The van der Waals surface area contributed by atoms with E-state index in [1.165, 1.54) is 36.9 Å². The van der Waals surface area contributed by atoms with Crippen LogP contribution in [0, 0.1) is 0 Å². The van der Waals surface area contributed by atoms with Crippen LogP contribution < -0.4 is 20.1 Å². The first kappa shape index (κ1) is 19.2. The van der Waals surface area contributed by atoms with E-state index >= 15 is 0 Å². The fraction of sp³-hybridized carbons (Fsp3) is 0.400. The van der Waals surface area contributed by atoms with Gasteiger partial charge in [-0.3, -0.25) is 9.59 Å². The van der Waals surface area contributed by atoms with E-state index in [4.69, 9.17) is 9.47 Å². The van der Waals surface area contributed by atoms with Crippen LogP contribution in [0.5, 0.6) is 11.5 Å². The van der Waals surface area contributed by atoms with Crippen LogP contribution in [0.4, 0.5) is 5.00 Å². The quantitative estimate of drug-likeness (QED) is 0.767. The van der Waals surface area contributed by atoms with Crippen molar-refractivity contribution in [1.29, 1.82) is 0 Å². The number of thiophene rings is 1. The number of hydrogen-bond donors (Lipinski definition) is 2. The highest BCUT2D eigenvalue weighted by atomic mass is 32.1. The lowest BCUT2D eigenvalue weighted by Gasteiger charge is -2.10. The molecule has 0 radical (unpaired) electrons. The van der Waals surface area contributed by atoms with Crippen LogP contribution in [-0.4, -0.2) is 33.1 Å². The number of carbonyl (C=O) groups excluding carboxylic acids is 2. The van der Waals surface area contributed by atoms with Crippen LogP contribution in [0.3, 0.4) is 0 Å². The number of rotatable bonds is 5. The van der Waals surface area contributed by atoms with Crippen LogP contribution in [0.1, 0.15) is 50.4 Å². The second-order valence-corrected chi connectivity index (χ2v) is 7.51. The van der Waals surface area contributed by atoms with Crippen LogP contribution in [0.2, 0.25) is 0 Å². The number of hydrogen-bond acceptors (Lipinski definition) is 5. The summed E-state index contributed by atoms with van der Waals surface area (Å²) in [6, 6.07) is 5.01. The molecule has 144 valence electrons. The average molecular weight is 388 g/mol. The molecule has 0 saturated heterocycles. The second kappa shape index (κ2) is 8.43. The largest absolute Gasteiger partial charge is 0.497 e. The Bertz CT molecular complexity index is 838. The number of aryl methyl sites for hydroxylation is 1. The third kappa shape index (κ3) is 4.08. The first-order valence-electron chi connectivity index (χ1n) is 8.98. The Hall–Kier alpha value is -2.54. The number of fused-ring (bicyclic) bond motifs is 1. The van der Waals surface area contributed by atoms with Gasteiger partial charge >= 0.3 is 0 Å². The topological polar surface area (TPSA) is 76.7 Å². The van der Waals surface area contributed by atoms with Crippen LogP contribution >= 0.6 is 11.3 Å². The Balaban J connectivity index is 1.95. The molecule has 1 aliphatic rings. The number of nitrogens with one attached hydrogen (secondary N) is 2. The summed E-state index contributed by atoms with van der Waals surface area (Å²) < 4.78 is 10.5. The van der Waals surface area contributed by atoms with E-state index < -0.39 is 0 Å². The Morgan fingerprint density at radius 1 is 0.963 bits per heavy atom. The van der Waals surface area contributed by atoms with Gasteiger partial charge in [0.15, 0.2) is 0 Å². The Kier molecular flexibility index (Phi) is 6.01. The normalized spacial score (nSPS) is 13.3. The van der Waals surface area contributed by atoms with Gasteiger partial charge in [-0.15, -0.1) is 11.3 Å². The van der Waals surface area contributed by atoms with Gasteiger partial charge in [0.05, 0.1) is 19.8 Å². The molecule has 7 heteroatoms. The standard InChI is InChI=1S/C20H24N2O4S/c1-21-19(24)17-15-7-5-4-6-8-16(15)27-20(17)22-18(23)12-9-13(25-2)11-14(10-12)26-3/h9-11H,4-8H2,1-3H3,(H,21,24)(H,22,23). The number of methoxy groups -OCH3 is 2. The van der Waals surface area contributed by atoms with Crippen LogP contribution in [0.15, 0.2) is 18.2 Å². The predicted octanol–water partition coefficient (Wildman–Crippen LogP) is 3.65. The minimum absolute atomic E-state index is 0.159. The van der Waals surface area contributed by atoms with Gasteiger partial charge in [0, 0.05) is 23.6 Å². The molecule has 3 rings (SSSR count). The molecule has 2 N–H and O–H groups in total. The van der Waals surface area contributed by atoms with E-state index in [0.29, 0.717) is 27.6 Å². The molecule has 2 amide bonds. The summed E-state index contributed by atoms with van der Waals surface area (Å²) in [5, 5.41) is 6.24. The van der Waals surface area contributed by atoms with Crippen molar-refractivity contribution in [2.24, 2.45) is 0 Å². The van der Waals surface area contributed by atoms with E-state index in [9.17, 15) is 9.59 Å². The van der Waals surface area contributed by atoms with Gasteiger partial charge in [0.25, 0.3) is 11.8 Å². The van der Waals surface area contributed by atoms with Crippen molar-refractivity contribution < 1.29 is 19.1 Å². The van der Waals surface area contributed by atoms with Crippen molar-refractivity contribution in [2.45, 2.75) is 32.1 Å². The lowest BCUT2D eigenvalue weighted by molar-refractivity contribution is 0.0963. The highest BCUT2D eigenvalue weighted by Crippen LogP contribution is 2.38. The molecule has 0 spiro atoms. The molecule has 1 aromatic carbocycles. The van der Waals surface area contributed by atoms with E-state index in [1.54, 1.807) is 25.2 Å². The van der Waals surface area contributed by atoms with Crippen molar-refractivity contribution >= 4 is 28.2 Å². The van der Waals surface area contributed by atoms with Crippen molar-refractivity contribution in [1.82, 2.24) is 5.32 Å². The average Bonchev–Trinajstić information content (AvgIpc) is 2.86. The third-order valence-electron chi connectivity index (χ3n) is 4.72. The predicted molar refractivity (Wildman–Crippen MR) is 106 cm³/mol. The molecule has 0 saturated carbocycles. The highest BCUT2D eigenvalue weighted by Gasteiger charge is 2.25. The maximum atomic E-state index is 12.8. The van der Waals surface area contributed by atoms with E-state index in [0.717, 1.165) is 31.2 Å². The van der Waals surface area contributed by atoms with Crippen molar-refractivity contribution in [2.75, 3.05) is 26.6 Å². The monoisotopic (exact) mass is 388 g/mol. The Morgan fingerprint density at radius 2 is 1.63 bits per heavy atom. The summed E-state index contributed by atoms with van der Waals surface area (Å²) in [5.74, 6) is 0.614. The van der Waals surface area contributed by atoms with E-state index in [2.05, 4.69) is 10.6 Å². The van der Waals surface area contributed by atoms with E-state index in [-0.39, 0.29) is 11.8 Å². The molecule has 27 heavy (non-hydrogen) atoms. The maximum absolute atomic E-state index is 12.8. The van der Waals surface area contributed by atoms with Gasteiger partial charge < -0.3 is 20.1 Å². The molecule has 2 aromatic rings. The van der Waals surface area contributed by atoms with Gasteiger partial charge in [-0.2, -0.15) is 0 Å². The molecule has 0 bridgehead atoms. The summed E-state index contributed by atoms with van der Waals surface area (Å²) in [5.41, 5.74) is 2.09. The summed E-state index contributed by atoms with van der Waals surface area (Å²) >= 11 is 1.51. The number of amides is 2. The maximum Gasteiger partial charge on any atom is 0.256 e. The van der Waals surface area contributed by atoms with Gasteiger partial charge in [-0.1, -0.05) is 6.42 Å². The fourth-order valence-electron chi connectivity index (χ4n) is 3.31. The fourth-order valence-corrected chi connectivity index (χ4v) is 4.59. The first-order valence-corrected chi connectivity index (χ1v) is 9.80. The molecule has 1 aliphatic carbocycles. The number of anilines is 1. The van der Waals surface area contributed by atoms with Gasteiger partial charge in [-0.25, -0.2) is 0 Å². The Labute approximate surface area is 162 Å². The number of carbonyl (C=O) groups is 2. The van der Waals surface area contributed by atoms with Gasteiger partial charge in [0.2, 0.25) is 0 Å². The molecule has 0 unspecified atom stereocenters. The summed E-state index contributed by atoms with van der Waals surface area (Å²) in [7, 11) is 4.69. The van der Waals surface area contributed by atoms with Gasteiger partial charge in [-0.05, 0) is 43.4 Å². The number of ether oxygens (including phenoxy) is 2. The highest BCUT2D eigenvalue weighted by molar-refractivity contribution is 7.17. The van der Waals surface area contributed by atoms with Gasteiger partial charge in [0.1, 0.15) is 16.5 Å². The minimum Gasteiger partial charge on any atom is -0.497 e.